The quantitative estimate of drug-likeness (QED) is 0.0548. The van der Waals surface area contributed by atoms with E-state index in [0.29, 0.717) is 132 Å². The molecule has 0 aliphatic rings. The summed E-state index contributed by atoms with van der Waals surface area (Å²) in [5.41, 5.74) is 0. The van der Waals surface area contributed by atoms with Crippen molar-refractivity contribution in [3.05, 3.63) is 0 Å². The van der Waals surface area contributed by atoms with Gasteiger partial charge in [0.05, 0.1) is 132 Å². The Kier molecular flexibility index (Phi) is 55.1. The van der Waals surface area contributed by atoms with E-state index in [2.05, 4.69) is 13.8 Å². The van der Waals surface area contributed by atoms with Gasteiger partial charge in [0.15, 0.2) is 0 Å². The predicted molar refractivity (Wildman–Crippen MR) is 232 cm³/mol. The summed E-state index contributed by atoms with van der Waals surface area (Å²) >= 11 is 0. The molecule has 0 N–H and O–H groups in total. The highest BCUT2D eigenvalue weighted by Crippen LogP contribution is 2.14. The predicted octanol–water partition coefficient (Wildman–Crippen LogP) is 9.79. The van der Waals surface area contributed by atoms with Crippen LogP contribution in [0.25, 0.3) is 0 Å². The average molecular weight is 823 g/mol. The Bertz CT molecular complexity index is 622. The third-order valence-corrected chi connectivity index (χ3v) is 9.50. The van der Waals surface area contributed by atoms with Gasteiger partial charge in [0.1, 0.15) is 0 Å². The van der Waals surface area contributed by atoms with Gasteiger partial charge in [-0.15, -0.1) is 0 Å². The van der Waals surface area contributed by atoms with Crippen LogP contribution in [0.1, 0.15) is 155 Å². The Labute approximate surface area is 351 Å². The first kappa shape index (κ1) is 56.6. The van der Waals surface area contributed by atoms with E-state index in [4.69, 9.17) is 52.1 Å². The lowest BCUT2D eigenvalue weighted by Gasteiger charge is -2.09. The first-order valence-electron chi connectivity index (χ1n) is 23.8. The summed E-state index contributed by atoms with van der Waals surface area (Å²) < 4.78 is 61.1. The molecule has 0 heterocycles. The fourth-order valence-electron chi connectivity index (χ4n) is 6.04. The number of hydrogen-bond donors (Lipinski definition) is 0. The molecule has 0 aromatic carbocycles. The van der Waals surface area contributed by atoms with Crippen molar-refractivity contribution >= 4 is 0 Å². The van der Waals surface area contributed by atoms with Crippen LogP contribution in [0.4, 0.5) is 0 Å². The fourth-order valence-corrected chi connectivity index (χ4v) is 6.04. The van der Waals surface area contributed by atoms with Crippen molar-refractivity contribution in [2.45, 2.75) is 155 Å². The summed E-state index contributed by atoms with van der Waals surface area (Å²) in [6.45, 7) is 17.4. The van der Waals surface area contributed by atoms with E-state index in [1.807, 2.05) is 0 Å². The molecule has 344 valence electrons. The van der Waals surface area contributed by atoms with Crippen LogP contribution in [0, 0.1) is 0 Å². The molecule has 0 amide bonds. The molecule has 0 saturated carbocycles. The molecule has 0 aromatic heterocycles. The van der Waals surface area contributed by atoms with Gasteiger partial charge in [-0.2, -0.15) is 0 Å². The minimum Gasteiger partial charge on any atom is -0.379 e. The summed E-state index contributed by atoms with van der Waals surface area (Å²) in [5, 5.41) is 0. The molecule has 0 fully saturated rings. The largest absolute Gasteiger partial charge is 0.379 e. The highest BCUT2D eigenvalue weighted by atomic mass is 16.6. The molecule has 0 radical (unpaired) electrons. The molecule has 0 bridgehead atoms. The van der Waals surface area contributed by atoms with Crippen LogP contribution >= 0.6 is 0 Å². The van der Waals surface area contributed by atoms with E-state index in [1.54, 1.807) is 0 Å². The zero-order valence-electron chi connectivity index (χ0n) is 37.6. The van der Waals surface area contributed by atoms with Gasteiger partial charge in [0.25, 0.3) is 0 Å². The van der Waals surface area contributed by atoms with E-state index < -0.39 is 0 Å². The Morgan fingerprint density at radius 1 is 0.140 bits per heavy atom. The molecule has 11 heteroatoms. The Morgan fingerprint density at radius 2 is 0.263 bits per heavy atom. The summed E-state index contributed by atoms with van der Waals surface area (Å²) in [6.07, 6.45) is 29.9. The van der Waals surface area contributed by atoms with Gasteiger partial charge in [-0.25, -0.2) is 0 Å². The topological polar surface area (TPSA) is 102 Å². The van der Waals surface area contributed by atoms with Gasteiger partial charge >= 0.3 is 0 Å². The molecule has 0 unspecified atom stereocenters. The second-order valence-corrected chi connectivity index (χ2v) is 14.8. The second kappa shape index (κ2) is 55.6. The van der Waals surface area contributed by atoms with Crippen molar-refractivity contribution in [3.63, 3.8) is 0 Å². The summed E-state index contributed by atoms with van der Waals surface area (Å²) in [6, 6.07) is 0. The van der Waals surface area contributed by atoms with Crippen molar-refractivity contribution in [1.82, 2.24) is 0 Å². The van der Waals surface area contributed by atoms with Gasteiger partial charge in [-0.3, -0.25) is 0 Å². The van der Waals surface area contributed by atoms with Crippen molar-refractivity contribution in [1.29, 1.82) is 0 Å². The number of unbranched alkanes of at least 4 members (excludes halogenated alkanes) is 20. The Morgan fingerprint density at radius 3 is 0.421 bits per heavy atom. The van der Waals surface area contributed by atoms with Crippen molar-refractivity contribution in [2.24, 2.45) is 0 Å². The third kappa shape index (κ3) is 55.6. The SMILES string of the molecule is CCCCCCCCCCCCCCCCCCOCCOCCOCCOCCOCCOCCOCCOCCOCCOCCOCCCCCCCC. The lowest BCUT2D eigenvalue weighted by atomic mass is 10.0. The summed E-state index contributed by atoms with van der Waals surface area (Å²) in [4.78, 5) is 0. The van der Waals surface area contributed by atoms with E-state index in [-0.39, 0.29) is 0 Å². The highest BCUT2D eigenvalue weighted by molar-refractivity contribution is 4.50. The number of hydrogen-bond acceptors (Lipinski definition) is 11. The van der Waals surface area contributed by atoms with Crippen LogP contribution < -0.4 is 0 Å². The fraction of sp³-hybridized carbons (Fsp3) is 1.00. The maximum atomic E-state index is 5.70. The van der Waals surface area contributed by atoms with Crippen LogP contribution in [0.3, 0.4) is 0 Å². The normalized spacial score (nSPS) is 11.7. The smallest absolute Gasteiger partial charge is 0.0701 e. The third-order valence-electron chi connectivity index (χ3n) is 9.50. The molecule has 0 spiro atoms. The van der Waals surface area contributed by atoms with Gasteiger partial charge < -0.3 is 52.1 Å². The maximum Gasteiger partial charge on any atom is 0.0701 e. The number of rotatable bonds is 54. The van der Waals surface area contributed by atoms with Crippen molar-refractivity contribution in [3.8, 4) is 0 Å². The summed E-state index contributed by atoms with van der Waals surface area (Å²) in [5.74, 6) is 0. The van der Waals surface area contributed by atoms with E-state index in [1.165, 1.54) is 128 Å². The van der Waals surface area contributed by atoms with Crippen molar-refractivity contribution in [2.75, 3.05) is 145 Å². The van der Waals surface area contributed by atoms with Gasteiger partial charge in [-0.1, -0.05) is 142 Å². The van der Waals surface area contributed by atoms with Crippen molar-refractivity contribution < 1.29 is 52.1 Å². The standard InChI is InChI=1S/C46H94O11/c1-3-5-7-9-11-12-13-14-15-16-17-18-19-20-22-24-26-48-28-30-50-32-34-52-36-38-54-40-42-56-44-46-57-45-43-55-41-39-53-37-35-51-33-31-49-29-27-47-25-23-21-10-8-6-4-2/h3-46H2,1-2H3. The molecule has 0 atom stereocenters. The minimum absolute atomic E-state index is 0.528. The molecule has 11 nitrogen and oxygen atoms in total. The lowest BCUT2D eigenvalue weighted by Crippen LogP contribution is -2.15. The summed E-state index contributed by atoms with van der Waals surface area (Å²) in [7, 11) is 0. The second-order valence-electron chi connectivity index (χ2n) is 14.8. The maximum absolute atomic E-state index is 5.70. The first-order chi connectivity index (χ1) is 28.4. The Balaban J connectivity index is 3.05. The molecule has 0 saturated heterocycles. The van der Waals surface area contributed by atoms with Crippen LogP contribution in [0.5, 0.6) is 0 Å². The van der Waals surface area contributed by atoms with Gasteiger partial charge in [0, 0.05) is 13.2 Å². The molecule has 0 aliphatic carbocycles. The zero-order valence-corrected chi connectivity index (χ0v) is 37.6. The molecule has 0 aliphatic heterocycles. The molecule has 57 heavy (non-hydrogen) atoms. The Hall–Kier alpha value is -0.440. The van der Waals surface area contributed by atoms with Crippen LogP contribution in [-0.4, -0.2) is 145 Å². The zero-order chi connectivity index (χ0) is 40.9. The van der Waals surface area contributed by atoms with Crippen LogP contribution in [-0.2, 0) is 52.1 Å². The van der Waals surface area contributed by atoms with E-state index in [0.717, 1.165) is 26.1 Å². The molecular weight excluding hydrogens is 728 g/mol. The highest BCUT2D eigenvalue weighted by Gasteiger charge is 1.98. The van der Waals surface area contributed by atoms with Gasteiger partial charge in [-0.05, 0) is 12.8 Å². The lowest BCUT2D eigenvalue weighted by molar-refractivity contribution is -0.0275. The van der Waals surface area contributed by atoms with Gasteiger partial charge in [0.2, 0.25) is 0 Å². The van der Waals surface area contributed by atoms with Crippen LogP contribution in [0.15, 0.2) is 0 Å². The van der Waals surface area contributed by atoms with Crippen LogP contribution in [0.2, 0.25) is 0 Å². The molecular formula is C46H94O11. The molecule has 0 aromatic rings. The first-order valence-corrected chi connectivity index (χ1v) is 23.8. The monoisotopic (exact) mass is 823 g/mol. The molecule has 0 rings (SSSR count). The average Bonchev–Trinajstić information content (AvgIpc) is 3.22. The minimum atomic E-state index is 0.528. The number of ether oxygens (including phenoxy) is 11. The van der Waals surface area contributed by atoms with E-state index >= 15 is 0 Å². The van der Waals surface area contributed by atoms with E-state index in [9.17, 15) is 0 Å².